The Morgan fingerprint density at radius 1 is 0.719 bits per heavy atom. The lowest BCUT2D eigenvalue weighted by Gasteiger charge is -2.28. The topological polar surface area (TPSA) is 182 Å². The van der Waals surface area contributed by atoms with Gasteiger partial charge in [0.15, 0.2) is 0 Å². The van der Waals surface area contributed by atoms with Gasteiger partial charge in [-0.3, -0.25) is 9.36 Å². The largest absolute Gasteiger partial charge is 0.444 e. The Morgan fingerprint density at radius 2 is 1.17 bits per heavy atom. The Hall–Kier alpha value is -6.23. The Balaban J connectivity index is 0.000000214. The number of benzene rings is 2. The number of nitrogens with one attached hydrogen (secondary N) is 3. The Morgan fingerprint density at radius 3 is 1.59 bits per heavy atom. The maximum absolute atomic E-state index is 12.0. The third-order valence-corrected chi connectivity index (χ3v) is 11.5. The van der Waals surface area contributed by atoms with Gasteiger partial charge in [-0.2, -0.15) is 10.2 Å². The van der Waals surface area contributed by atoms with E-state index in [-0.39, 0.29) is 7.43 Å². The molecule has 64 heavy (non-hydrogen) atoms. The third kappa shape index (κ3) is 12.9. The van der Waals surface area contributed by atoms with Crippen molar-refractivity contribution < 1.29 is 9.53 Å². The fraction of sp³-hybridized carbons (Fsp3) is 0.438. The molecule has 0 saturated carbocycles. The summed E-state index contributed by atoms with van der Waals surface area (Å²) >= 11 is 0. The highest BCUT2D eigenvalue weighted by Crippen LogP contribution is 2.27. The highest BCUT2D eigenvalue weighted by atomic mass is 16.6. The first-order valence-corrected chi connectivity index (χ1v) is 21.8. The highest BCUT2D eigenvalue weighted by Gasteiger charge is 2.21. The van der Waals surface area contributed by atoms with Crippen molar-refractivity contribution in [2.45, 2.75) is 98.5 Å². The van der Waals surface area contributed by atoms with Crippen molar-refractivity contribution in [2.24, 2.45) is 5.73 Å². The van der Waals surface area contributed by atoms with E-state index in [4.69, 9.17) is 15.5 Å². The Labute approximate surface area is 378 Å². The third-order valence-electron chi connectivity index (χ3n) is 11.5. The van der Waals surface area contributed by atoms with Gasteiger partial charge < -0.3 is 36.2 Å². The Bertz CT molecular complexity index is 2440. The summed E-state index contributed by atoms with van der Waals surface area (Å²) in [7, 11) is 4.33. The zero-order valence-corrected chi connectivity index (χ0v) is 37.7. The first-order chi connectivity index (χ1) is 30.3. The summed E-state index contributed by atoms with van der Waals surface area (Å²) in [5.41, 5.74) is 15.2. The van der Waals surface area contributed by atoms with E-state index < -0.39 is 11.7 Å². The second-order valence-corrected chi connectivity index (χ2v) is 17.6. The van der Waals surface area contributed by atoms with Gasteiger partial charge in [-0.15, -0.1) is 0 Å². The zero-order chi connectivity index (χ0) is 44.5. The molecule has 0 atom stereocenters. The minimum atomic E-state index is -0.521. The number of nitrogens with zero attached hydrogens (tertiary/aromatic N) is 10. The lowest BCUT2D eigenvalue weighted by Crippen LogP contribution is -2.32. The van der Waals surface area contributed by atoms with Crippen molar-refractivity contribution in [1.82, 2.24) is 54.6 Å². The van der Waals surface area contributed by atoms with Gasteiger partial charge >= 0.3 is 6.09 Å². The summed E-state index contributed by atoms with van der Waals surface area (Å²) in [4.78, 5) is 34.8. The van der Waals surface area contributed by atoms with Gasteiger partial charge in [-0.25, -0.2) is 24.7 Å². The molecule has 0 radical (unpaired) electrons. The van der Waals surface area contributed by atoms with Crippen LogP contribution in [0.2, 0.25) is 0 Å². The number of anilines is 4. The fourth-order valence-electron chi connectivity index (χ4n) is 7.76. The molecule has 6 aromatic rings. The second kappa shape index (κ2) is 21.4. The smallest absolute Gasteiger partial charge is 0.407 e. The number of hydrogen-bond donors (Lipinski definition) is 4. The predicted octanol–water partition coefficient (Wildman–Crippen LogP) is 8.44. The maximum Gasteiger partial charge on any atom is 0.407 e. The average molecular weight is 871 g/mol. The van der Waals surface area contributed by atoms with E-state index in [0.717, 1.165) is 102 Å². The first kappa shape index (κ1) is 47.3. The van der Waals surface area contributed by atoms with Crippen LogP contribution in [0.1, 0.15) is 88.2 Å². The normalized spacial score (nSPS) is 15.1. The number of carbonyl (C=O) groups is 1. The van der Waals surface area contributed by atoms with Crippen LogP contribution < -0.4 is 21.7 Å². The monoisotopic (exact) mass is 871 g/mol. The molecule has 2 aromatic carbocycles. The molecular formula is C48H66N14O2. The van der Waals surface area contributed by atoms with Gasteiger partial charge in [0.2, 0.25) is 11.9 Å². The van der Waals surface area contributed by atoms with Gasteiger partial charge in [0.05, 0.1) is 47.2 Å². The number of hydrogen-bond acceptors (Lipinski definition) is 13. The number of alkyl carbamates (subject to hydrolysis) is 1. The molecule has 0 spiro atoms. The van der Waals surface area contributed by atoms with E-state index in [1.54, 1.807) is 12.4 Å². The summed E-state index contributed by atoms with van der Waals surface area (Å²) in [6, 6.07) is 17.0. The number of amides is 1. The van der Waals surface area contributed by atoms with Crippen molar-refractivity contribution in [3.05, 3.63) is 108 Å². The number of ether oxygens (including phenoxy) is 1. The van der Waals surface area contributed by atoms with Crippen LogP contribution in [-0.4, -0.2) is 101 Å². The van der Waals surface area contributed by atoms with Crippen LogP contribution in [0.3, 0.4) is 0 Å². The molecule has 2 saturated heterocycles. The minimum absolute atomic E-state index is 0. The summed E-state index contributed by atoms with van der Waals surface area (Å²) in [6.45, 7) is 15.0. The molecule has 2 aliphatic heterocycles. The molecule has 4 aromatic heterocycles. The molecule has 0 bridgehead atoms. The molecule has 16 nitrogen and oxygen atoms in total. The van der Waals surface area contributed by atoms with Crippen molar-refractivity contribution >= 4 is 29.4 Å². The van der Waals surface area contributed by atoms with Gasteiger partial charge in [-0.1, -0.05) is 31.7 Å². The molecule has 340 valence electrons. The number of nitrogens with two attached hydrogens (primary N) is 1. The number of carbonyl (C=O) groups excluding carboxylic acids is 1. The average Bonchev–Trinajstić information content (AvgIpc) is 3.93. The molecular weight excluding hydrogens is 805 g/mol. The van der Waals surface area contributed by atoms with Gasteiger partial charge in [-0.05, 0) is 147 Å². The zero-order valence-electron chi connectivity index (χ0n) is 37.7. The maximum atomic E-state index is 12.0. The van der Waals surface area contributed by atoms with Crippen LogP contribution in [0.5, 0.6) is 0 Å². The molecule has 0 aliphatic carbocycles. The van der Waals surface area contributed by atoms with E-state index in [2.05, 4.69) is 101 Å². The molecule has 8 rings (SSSR count). The number of aryl methyl sites for hydroxylation is 2. The molecule has 5 N–H and O–H groups in total. The number of aromatic nitrogens is 8. The SMILES string of the molecule is C.Cc1cc(-c2ccnc(Nc3cnn(C4CCN(C)CC4)c3)n2)ccc1CN.Cc1cc(-c2ccnc(Nc3cnn(C4CCN(C)CC4)c3)n2)ccc1CNC(=O)OC(C)(C)C. The summed E-state index contributed by atoms with van der Waals surface area (Å²) in [5, 5.41) is 18.5. The lowest BCUT2D eigenvalue weighted by molar-refractivity contribution is 0.0523. The van der Waals surface area contributed by atoms with Crippen LogP contribution in [0.4, 0.5) is 28.1 Å². The van der Waals surface area contributed by atoms with Gasteiger partial charge in [0.25, 0.3) is 0 Å². The Kier molecular flexibility index (Phi) is 15.8. The molecule has 1 amide bonds. The minimum Gasteiger partial charge on any atom is -0.444 e. The van der Waals surface area contributed by atoms with E-state index in [0.29, 0.717) is 37.1 Å². The van der Waals surface area contributed by atoms with E-state index in [9.17, 15) is 4.79 Å². The standard InChI is InChI=1S/C26H35N7O2.C21H27N7.CH4/c1-18-14-19(6-7-20(18)15-28-25(34)35-26(2,3)4)23-8-11-27-24(31-23)30-21-16-29-33(17-21)22-9-12-32(5)13-10-22;1-15-11-16(3-4-17(15)12-22)20-5-8-23-21(26-20)25-18-13-24-28(14-18)19-6-9-27(2)10-7-19;/h6-8,11,14,16-17,22H,9-10,12-13,15H2,1-5H3,(H,28,34)(H,27,30,31);3-5,8,11,13-14,19H,6-7,9-10,12,22H2,1-2H3,(H,23,25,26);1H4. The van der Waals surface area contributed by atoms with E-state index >= 15 is 0 Å². The number of rotatable bonds is 11. The number of piperidine rings is 2. The van der Waals surface area contributed by atoms with Crippen LogP contribution in [0.15, 0.2) is 85.7 Å². The summed E-state index contributed by atoms with van der Waals surface area (Å²) in [5.74, 6) is 1.10. The van der Waals surface area contributed by atoms with Crippen molar-refractivity contribution in [3.63, 3.8) is 0 Å². The molecule has 16 heteroatoms. The second-order valence-electron chi connectivity index (χ2n) is 17.6. The molecule has 6 heterocycles. The van der Waals surface area contributed by atoms with Crippen LogP contribution in [0, 0.1) is 13.8 Å². The lowest BCUT2D eigenvalue weighted by atomic mass is 10.0. The van der Waals surface area contributed by atoms with Gasteiger partial charge in [0.1, 0.15) is 5.60 Å². The van der Waals surface area contributed by atoms with Crippen LogP contribution in [0.25, 0.3) is 22.5 Å². The van der Waals surface area contributed by atoms with E-state index in [1.165, 1.54) is 5.56 Å². The van der Waals surface area contributed by atoms with Crippen LogP contribution >= 0.6 is 0 Å². The molecule has 0 unspecified atom stereocenters. The predicted molar refractivity (Wildman–Crippen MR) is 255 cm³/mol. The summed E-state index contributed by atoms with van der Waals surface area (Å²) < 4.78 is 9.42. The first-order valence-electron chi connectivity index (χ1n) is 21.8. The van der Waals surface area contributed by atoms with Crippen molar-refractivity contribution in [3.8, 4) is 22.5 Å². The van der Waals surface area contributed by atoms with Gasteiger partial charge in [0, 0.05) is 49.0 Å². The highest BCUT2D eigenvalue weighted by molar-refractivity contribution is 5.68. The molecule has 2 aliphatic rings. The summed E-state index contributed by atoms with van der Waals surface area (Å²) in [6.07, 6.45) is 15.3. The number of likely N-dealkylation sites (tertiary alicyclic amines) is 2. The fourth-order valence-corrected chi connectivity index (χ4v) is 7.76. The van der Waals surface area contributed by atoms with Crippen LogP contribution in [-0.2, 0) is 17.8 Å². The van der Waals surface area contributed by atoms with Crippen molar-refractivity contribution in [2.75, 3.05) is 50.9 Å². The van der Waals surface area contributed by atoms with Crippen molar-refractivity contribution in [1.29, 1.82) is 0 Å². The molecule has 2 fully saturated rings. The van der Waals surface area contributed by atoms with E-state index in [1.807, 2.05) is 81.4 Å². The quantitative estimate of drug-likeness (QED) is 0.0975.